The maximum atomic E-state index is 13.1. The summed E-state index contributed by atoms with van der Waals surface area (Å²) in [4.78, 5) is 0. The van der Waals surface area contributed by atoms with Crippen molar-refractivity contribution in [3.05, 3.63) is 35.6 Å². The van der Waals surface area contributed by atoms with E-state index < -0.39 is 16.0 Å². The minimum Gasteiger partial charge on any atom is -0.206 e. The molecule has 0 fully saturated rings. The molecule has 6 heteroatoms. The number of hydrogen-bond donors (Lipinski definition) is 1. The van der Waals surface area contributed by atoms with Gasteiger partial charge in [0.1, 0.15) is 5.82 Å². The number of hydrogen-bond acceptors (Lipinski definition) is 2. The summed E-state index contributed by atoms with van der Waals surface area (Å²) in [6, 6.07) is 6.06. The molecule has 17 heavy (non-hydrogen) atoms. The molecule has 0 aliphatic heterocycles. The largest absolute Gasteiger partial charge is 0.279 e. The third-order valence-corrected chi connectivity index (χ3v) is 3.39. The molecule has 1 aromatic carbocycles. The van der Waals surface area contributed by atoms with Crippen molar-refractivity contribution >= 4 is 10.2 Å². The van der Waals surface area contributed by atoms with Crippen LogP contribution in [-0.2, 0) is 10.2 Å². The van der Waals surface area contributed by atoms with Gasteiger partial charge in [-0.15, -0.1) is 0 Å². The highest BCUT2D eigenvalue weighted by Gasteiger charge is 2.10. The van der Waals surface area contributed by atoms with E-state index in [1.54, 1.807) is 12.1 Å². The fourth-order valence-electron chi connectivity index (χ4n) is 0.958. The highest BCUT2D eigenvalue weighted by atomic mass is 32.2. The van der Waals surface area contributed by atoms with Crippen LogP contribution in [0.2, 0.25) is 0 Å². The quantitative estimate of drug-likeness (QED) is 0.804. The van der Waals surface area contributed by atoms with Gasteiger partial charge in [-0.2, -0.15) is 17.4 Å². The summed E-state index contributed by atoms with van der Waals surface area (Å²) in [6.07, 6.45) is 0. The Kier molecular flexibility index (Phi) is 4.63. The fourth-order valence-corrected chi connectivity index (χ4v) is 1.47. The molecule has 1 rings (SSSR count). The van der Waals surface area contributed by atoms with Gasteiger partial charge in [0, 0.05) is 14.1 Å². The Morgan fingerprint density at radius 2 is 2.00 bits per heavy atom. The molecule has 1 N–H and O–H groups in total. The fraction of sp³-hybridized carbons (Fsp3) is 0.273. The summed E-state index contributed by atoms with van der Waals surface area (Å²) in [5.74, 6) is 4.68. The topological polar surface area (TPSA) is 49.4 Å². The standard InChI is InChI=1S/C11H13FN2O2S/c1-14(2)17(15,16)13-9-5-7-10-6-3-4-8-11(10)12/h3-4,6,8,13H,9H2,1-2H3. The monoisotopic (exact) mass is 256 g/mol. The van der Waals surface area contributed by atoms with Gasteiger partial charge in [-0.05, 0) is 12.1 Å². The van der Waals surface area contributed by atoms with E-state index in [1.165, 1.54) is 26.2 Å². The van der Waals surface area contributed by atoms with Crippen LogP contribution >= 0.6 is 0 Å². The van der Waals surface area contributed by atoms with Gasteiger partial charge in [-0.25, -0.2) is 4.39 Å². The Labute approximate surface area is 101 Å². The van der Waals surface area contributed by atoms with Crippen LogP contribution in [0.25, 0.3) is 0 Å². The highest BCUT2D eigenvalue weighted by molar-refractivity contribution is 7.87. The smallest absolute Gasteiger partial charge is 0.206 e. The van der Waals surface area contributed by atoms with E-state index >= 15 is 0 Å². The first-order valence-corrected chi connectivity index (χ1v) is 6.28. The lowest BCUT2D eigenvalue weighted by atomic mass is 10.2. The predicted octanol–water partition coefficient (Wildman–Crippen LogP) is 0.573. The van der Waals surface area contributed by atoms with Gasteiger partial charge in [0.05, 0.1) is 12.1 Å². The summed E-state index contributed by atoms with van der Waals surface area (Å²) in [7, 11) is -0.657. The Bertz CT molecular complexity index is 544. The molecule has 0 unspecified atom stereocenters. The molecule has 0 radical (unpaired) electrons. The SMILES string of the molecule is CN(C)S(=O)(=O)NCC#Cc1ccccc1F. The Morgan fingerprint density at radius 3 is 2.59 bits per heavy atom. The highest BCUT2D eigenvalue weighted by Crippen LogP contribution is 2.03. The van der Waals surface area contributed by atoms with E-state index in [1.807, 2.05) is 0 Å². The zero-order valence-corrected chi connectivity index (χ0v) is 10.4. The number of nitrogens with zero attached hydrogens (tertiary/aromatic N) is 1. The first-order valence-electron chi connectivity index (χ1n) is 4.84. The maximum absolute atomic E-state index is 13.1. The van der Waals surface area contributed by atoms with E-state index in [-0.39, 0.29) is 12.1 Å². The van der Waals surface area contributed by atoms with Crippen LogP contribution in [0.1, 0.15) is 5.56 Å². The van der Waals surface area contributed by atoms with Crippen molar-refractivity contribution in [2.45, 2.75) is 0 Å². The number of rotatable bonds is 3. The lowest BCUT2D eigenvalue weighted by Crippen LogP contribution is -2.35. The molecule has 0 heterocycles. The molecule has 0 atom stereocenters. The molecular weight excluding hydrogens is 243 g/mol. The Hall–Kier alpha value is -1.42. The zero-order chi connectivity index (χ0) is 12.9. The molecule has 4 nitrogen and oxygen atoms in total. The van der Waals surface area contributed by atoms with E-state index in [9.17, 15) is 12.8 Å². The Morgan fingerprint density at radius 1 is 1.35 bits per heavy atom. The van der Waals surface area contributed by atoms with Crippen molar-refractivity contribution in [2.75, 3.05) is 20.6 Å². The molecule has 92 valence electrons. The third-order valence-electron chi connectivity index (χ3n) is 1.92. The van der Waals surface area contributed by atoms with Crippen LogP contribution in [0.5, 0.6) is 0 Å². The predicted molar refractivity (Wildman–Crippen MR) is 63.9 cm³/mol. The lowest BCUT2D eigenvalue weighted by Gasteiger charge is -2.09. The van der Waals surface area contributed by atoms with E-state index in [0.29, 0.717) is 0 Å². The first kappa shape index (κ1) is 13.6. The van der Waals surface area contributed by atoms with Crippen molar-refractivity contribution in [2.24, 2.45) is 0 Å². The summed E-state index contributed by atoms with van der Waals surface area (Å²) in [5, 5.41) is 0. The first-order chi connectivity index (χ1) is 7.93. The van der Waals surface area contributed by atoms with Crippen molar-refractivity contribution in [1.29, 1.82) is 0 Å². The summed E-state index contributed by atoms with van der Waals surface area (Å²) < 4.78 is 39.0. The summed E-state index contributed by atoms with van der Waals surface area (Å²) in [6.45, 7) is -0.0607. The minimum absolute atomic E-state index is 0.0607. The van der Waals surface area contributed by atoms with Gasteiger partial charge in [-0.1, -0.05) is 24.0 Å². The van der Waals surface area contributed by atoms with Crippen LogP contribution in [0, 0.1) is 17.7 Å². The number of nitrogens with one attached hydrogen (secondary N) is 1. The van der Waals surface area contributed by atoms with Crippen molar-refractivity contribution < 1.29 is 12.8 Å². The molecule has 0 spiro atoms. The number of halogens is 1. The summed E-state index contributed by atoms with van der Waals surface area (Å²) >= 11 is 0. The average molecular weight is 256 g/mol. The van der Waals surface area contributed by atoms with Crippen molar-refractivity contribution in [3.63, 3.8) is 0 Å². The minimum atomic E-state index is -3.48. The van der Waals surface area contributed by atoms with Crippen molar-refractivity contribution in [1.82, 2.24) is 9.03 Å². The van der Waals surface area contributed by atoms with Crippen LogP contribution in [0.15, 0.2) is 24.3 Å². The van der Waals surface area contributed by atoms with Crippen LogP contribution < -0.4 is 4.72 Å². The van der Waals surface area contributed by atoms with Gasteiger partial charge in [0.2, 0.25) is 0 Å². The van der Waals surface area contributed by atoms with Crippen LogP contribution in [0.3, 0.4) is 0 Å². The van der Waals surface area contributed by atoms with Gasteiger partial charge in [0.25, 0.3) is 10.2 Å². The number of benzene rings is 1. The maximum Gasteiger partial charge on any atom is 0.279 e. The van der Waals surface area contributed by atoms with E-state index in [0.717, 1.165) is 4.31 Å². The molecule has 0 saturated carbocycles. The molecule has 0 aliphatic rings. The molecular formula is C11H13FN2O2S. The second kappa shape index (κ2) is 5.77. The molecule has 1 aromatic rings. The molecule has 0 aliphatic carbocycles. The average Bonchev–Trinajstić information content (AvgIpc) is 2.26. The van der Waals surface area contributed by atoms with Gasteiger partial charge in [-0.3, -0.25) is 0 Å². The van der Waals surface area contributed by atoms with Crippen molar-refractivity contribution in [3.8, 4) is 11.8 Å². The molecule has 0 bridgehead atoms. The Balaban J connectivity index is 2.63. The van der Waals surface area contributed by atoms with Crippen LogP contribution in [-0.4, -0.2) is 33.4 Å². The van der Waals surface area contributed by atoms with Gasteiger partial charge >= 0.3 is 0 Å². The molecule has 0 saturated heterocycles. The zero-order valence-electron chi connectivity index (χ0n) is 9.57. The normalized spacial score (nSPS) is 11.1. The van der Waals surface area contributed by atoms with E-state index in [2.05, 4.69) is 16.6 Å². The van der Waals surface area contributed by atoms with Gasteiger partial charge < -0.3 is 0 Å². The second-order valence-corrected chi connectivity index (χ2v) is 5.36. The lowest BCUT2D eigenvalue weighted by molar-refractivity contribution is 0.509. The molecule has 0 aromatic heterocycles. The summed E-state index contributed by atoms with van der Waals surface area (Å²) in [5.41, 5.74) is 0.247. The van der Waals surface area contributed by atoms with Crippen LogP contribution in [0.4, 0.5) is 4.39 Å². The van der Waals surface area contributed by atoms with Gasteiger partial charge in [0.15, 0.2) is 0 Å². The third kappa shape index (κ3) is 4.15. The molecule has 0 amide bonds. The second-order valence-electron chi connectivity index (χ2n) is 3.39. The van der Waals surface area contributed by atoms with E-state index in [4.69, 9.17) is 0 Å².